The molecular formula is C17H27ClN2O2. The van der Waals surface area contributed by atoms with E-state index < -0.39 is 4.87 Å². The van der Waals surface area contributed by atoms with E-state index in [1.54, 1.807) is 18.7 Å². The second-order valence-corrected chi connectivity index (χ2v) is 6.94. The average Bonchev–Trinajstić information content (AvgIpc) is 2.47. The van der Waals surface area contributed by atoms with Crippen LogP contribution in [-0.2, 0) is 4.74 Å². The Kier molecular flexibility index (Phi) is 8.38. The van der Waals surface area contributed by atoms with E-state index in [4.69, 9.17) is 29.2 Å². The molecule has 22 heavy (non-hydrogen) atoms. The molecule has 1 aliphatic rings. The lowest BCUT2D eigenvalue weighted by atomic mass is 10.0. The van der Waals surface area contributed by atoms with Crippen LogP contribution in [0.15, 0.2) is 0 Å². The maximum atomic E-state index is 11.5. The third kappa shape index (κ3) is 7.59. The van der Waals surface area contributed by atoms with Crippen molar-refractivity contribution in [2.45, 2.75) is 45.0 Å². The molecule has 0 bridgehead atoms. The molecule has 0 aromatic heterocycles. The van der Waals surface area contributed by atoms with Crippen LogP contribution < -0.4 is 0 Å². The number of ether oxygens (including phenoxy) is 1. The summed E-state index contributed by atoms with van der Waals surface area (Å²) in [4.78, 5) is 15.0. The minimum Gasteiger partial charge on any atom is -0.450 e. The highest BCUT2D eigenvalue weighted by atomic mass is 35.5. The maximum Gasteiger partial charge on any atom is 0.409 e. The maximum absolute atomic E-state index is 11.5. The third-order valence-corrected chi connectivity index (χ3v) is 3.40. The van der Waals surface area contributed by atoms with Gasteiger partial charge < -0.3 is 9.64 Å². The molecular weight excluding hydrogens is 300 g/mol. The van der Waals surface area contributed by atoms with Crippen molar-refractivity contribution < 1.29 is 9.53 Å². The number of terminal acetylenes is 2. The van der Waals surface area contributed by atoms with Gasteiger partial charge in [-0.15, -0.1) is 24.4 Å². The molecule has 0 unspecified atom stereocenters. The number of rotatable bonds is 2. The van der Waals surface area contributed by atoms with Crippen LogP contribution in [0.5, 0.6) is 0 Å². The SMILES string of the molecule is C#CC(C)(C)Cl.C#CC(C)(C)N1CCN(C(=O)OCC)CC1. The molecule has 1 rings (SSSR count). The summed E-state index contributed by atoms with van der Waals surface area (Å²) in [6.45, 7) is 12.8. The van der Waals surface area contributed by atoms with Crippen LogP contribution >= 0.6 is 11.6 Å². The topological polar surface area (TPSA) is 32.8 Å². The molecule has 5 heteroatoms. The van der Waals surface area contributed by atoms with E-state index in [0.29, 0.717) is 19.7 Å². The second-order valence-electron chi connectivity index (χ2n) is 5.99. The summed E-state index contributed by atoms with van der Waals surface area (Å²) in [5.41, 5.74) is -0.235. The van der Waals surface area contributed by atoms with E-state index in [2.05, 4.69) is 16.7 Å². The van der Waals surface area contributed by atoms with Gasteiger partial charge in [-0.2, -0.15) is 0 Å². The van der Waals surface area contributed by atoms with Gasteiger partial charge in [-0.1, -0.05) is 11.8 Å². The predicted octanol–water partition coefficient (Wildman–Crippen LogP) is 2.81. The minimum absolute atomic E-state index is 0.222. The molecule has 0 aromatic carbocycles. The van der Waals surface area contributed by atoms with Crippen molar-refractivity contribution in [1.82, 2.24) is 9.80 Å². The molecule has 1 heterocycles. The Balaban J connectivity index is 0.000000626. The third-order valence-electron chi connectivity index (χ3n) is 3.29. The van der Waals surface area contributed by atoms with Gasteiger partial charge in [-0.3, -0.25) is 4.90 Å². The van der Waals surface area contributed by atoms with Crippen LogP contribution in [0.2, 0.25) is 0 Å². The zero-order valence-electron chi connectivity index (χ0n) is 14.3. The van der Waals surface area contributed by atoms with Crippen LogP contribution in [0.1, 0.15) is 34.6 Å². The summed E-state index contributed by atoms with van der Waals surface area (Å²) in [7, 11) is 0. The highest BCUT2D eigenvalue weighted by Crippen LogP contribution is 2.16. The molecule has 4 nitrogen and oxygen atoms in total. The number of hydrogen-bond donors (Lipinski definition) is 0. The molecule has 0 saturated carbocycles. The van der Waals surface area contributed by atoms with Crippen molar-refractivity contribution in [2.75, 3.05) is 32.8 Å². The van der Waals surface area contributed by atoms with Crippen molar-refractivity contribution in [2.24, 2.45) is 0 Å². The van der Waals surface area contributed by atoms with Gasteiger partial charge in [-0.05, 0) is 34.6 Å². The first-order chi connectivity index (χ1) is 10.1. The Morgan fingerprint density at radius 3 is 1.91 bits per heavy atom. The molecule has 1 aliphatic heterocycles. The fourth-order valence-corrected chi connectivity index (χ4v) is 1.75. The lowest BCUT2D eigenvalue weighted by Gasteiger charge is -2.40. The molecule has 1 fully saturated rings. The highest BCUT2D eigenvalue weighted by molar-refractivity contribution is 6.25. The van der Waals surface area contributed by atoms with E-state index in [9.17, 15) is 4.79 Å². The number of amides is 1. The Labute approximate surface area is 140 Å². The van der Waals surface area contributed by atoms with Gasteiger partial charge in [0.15, 0.2) is 0 Å². The fraction of sp³-hybridized carbons (Fsp3) is 0.706. The van der Waals surface area contributed by atoms with Crippen LogP contribution in [0, 0.1) is 24.7 Å². The van der Waals surface area contributed by atoms with Crippen molar-refractivity contribution in [1.29, 1.82) is 0 Å². The van der Waals surface area contributed by atoms with Crippen LogP contribution in [0.25, 0.3) is 0 Å². The Morgan fingerprint density at radius 2 is 1.59 bits per heavy atom. The number of hydrogen-bond acceptors (Lipinski definition) is 3. The monoisotopic (exact) mass is 326 g/mol. The quantitative estimate of drug-likeness (QED) is 0.578. The van der Waals surface area contributed by atoms with E-state index in [0.717, 1.165) is 13.1 Å². The zero-order chi connectivity index (χ0) is 17.4. The Morgan fingerprint density at radius 1 is 1.14 bits per heavy atom. The van der Waals surface area contributed by atoms with Crippen molar-refractivity contribution in [3.05, 3.63) is 0 Å². The standard InChI is InChI=1S/C12H20N2O2.C5H7Cl/c1-5-12(3,4)14-9-7-13(8-10-14)11(15)16-6-2;1-4-5(2,3)6/h1H,6-10H2,2-4H3;1H,2-3H3. The second kappa shape index (κ2) is 8.93. The van der Waals surface area contributed by atoms with Gasteiger partial charge in [0.2, 0.25) is 0 Å². The first kappa shape index (κ1) is 20.6. The van der Waals surface area contributed by atoms with Crippen LogP contribution in [-0.4, -0.2) is 59.1 Å². The van der Waals surface area contributed by atoms with E-state index in [1.165, 1.54) is 0 Å². The van der Waals surface area contributed by atoms with Crippen molar-refractivity contribution in [3.63, 3.8) is 0 Å². The number of piperazine rings is 1. The summed E-state index contributed by atoms with van der Waals surface area (Å²) in [6, 6.07) is 0. The van der Waals surface area contributed by atoms with Gasteiger partial charge in [0.25, 0.3) is 0 Å². The van der Waals surface area contributed by atoms with Gasteiger partial charge in [0.05, 0.1) is 17.0 Å². The highest BCUT2D eigenvalue weighted by Gasteiger charge is 2.29. The van der Waals surface area contributed by atoms with Gasteiger partial charge in [0, 0.05) is 26.2 Å². The molecule has 0 atom stereocenters. The molecule has 1 saturated heterocycles. The molecule has 0 aromatic rings. The number of halogens is 1. The first-order valence-electron chi connectivity index (χ1n) is 7.38. The summed E-state index contributed by atoms with van der Waals surface area (Å²) in [5, 5.41) is 0. The van der Waals surface area contributed by atoms with Gasteiger partial charge in [0.1, 0.15) is 0 Å². The molecule has 0 radical (unpaired) electrons. The lowest BCUT2D eigenvalue weighted by molar-refractivity contribution is 0.0585. The van der Waals surface area contributed by atoms with Gasteiger partial charge >= 0.3 is 6.09 Å². The lowest BCUT2D eigenvalue weighted by Crippen LogP contribution is -2.55. The summed E-state index contributed by atoms with van der Waals surface area (Å²) in [6.07, 6.45) is 10.2. The Hall–Kier alpha value is -1.36. The smallest absolute Gasteiger partial charge is 0.409 e. The molecule has 0 aliphatic carbocycles. The normalized spacial score (nSPS) is 15.9. The molecule has 0 spiro atoms. The summed E-state index contributed by atoms with van der Waals surface area (Å²) >= 11 is 5.48. The van der Waals surface area contributed by atoms with E-state index in [-0.39, 0.29) is 11.6 Å². The fourth-order valence-electron chi connectivity index (χ4n) is 1.75. The molecule has 1 amide bonds. The number of carbonyl (C=O) groups excluding carboxylic acids is 1. The first-order valence-corrected chi connectivity index (χ1v) is 7.76. The van der Waals surface area contributed by atoms with Crippen LogP contribution in [0.3, 0.4) is 0 Å². The molecule has 0 N–H and O–H groups in total. The van der Waals surface area contributed by atoms with E-state index in [1.807, 2.05) is 20.8 Å². The summed E-state index contributed by atoms with van der Waals surface area (Å²) in [5.74, 6) is 5.14. The van der Waals surface area contributed by atoms with Crippen molar-refractivity contribution in [3.8, 4) is 24.7 Å². The largest absolute Gasteiger partial charge is 0.450 e. The average molecular weight is 327 g/mol. The predicted molar refractivity (Wildman–Crippen MR) is 91.8 cm³/mol. The van der Waals surface area contributed by atoms with Crippen molar-refractivity contribution >= 4 is 17.7 Å². The van der Waals surface area contributed by atoms with Gasteiger partial charge in [-0.25, -0.2) is 4.79 Å². The molecule has 124 valence electrons. The summed E-state index contributed by atoms with van der Waals surface area (Å²) < 4.78 is 4.96. The number of nitrogens with zero attached hydrogens (tertiary/aromatic N) is 2. The number of alkyl halides is 1. The minimum atomic E-state index is -0.458. The van der Waals surface area contributed by atoms with E-state index >= 15 is 0 Å². The zero-order valence-corrected chi connectivity index (χ0v) is 15.0. The Bertz CT molecular complexity index is 433. The number of carbonyl (C=O) groups is 1. The van der Waals surface area contributed by atoms with Crippen LogP contribution in [0.4, 0.5) is 4.79 Å².